The molecule has 0 aliphatic carbocycles. The van der Waals surface area contributed by atoms with Gasteiger partial charge in [0.05, 0.1) is 6.20 Å². The molecule has 6 heteroatoms. The summed E-state index contributed by atoms with van der Waals surface area (Å²) in [6.45, 7) is 8.64. The average molecular weight is 340 g/mol. The van der Waals surface area contributed by atoms with Gasteiger partial charge in [0.15, 0.2) is 5.82 Å². The fraction of sp³-hybridized carbons (Fsp3) is 0.526. The van der Waals surface area contributed by atoms with Crippen LogP contribution in [0, 0.1) is 0 Å². The highest BCUT2D eigenvalue weighted by Gasteiger charge is 2.12. The van der Waals surface area contributed by atoms with Crippen LogP contribution in [0.1, 0.15) is 39.5 Å². The molecule has 1 N–H and O–H groups in total. The van der Waals surface area contributed by atoms with E-state index in [0.29, 0.717) is 5.95 Å². The minimum absolute atomic E-state index is 0.545. The summed E-state index contributed by atoms with van der Waals surface area (Å²) < 4.78 is 0. The van der Waals surface area contributed by atoms with Gasteiger partial charge >= 0.3 is 0 Å². The molecule has 134 valence electrons. The third-order valence-electron chi connectivity index (χ3n) is 4.45. The van der Waals surface area contributed by atoms with E-state index < -0.39 is 0 Å². The first kappa shape index (κ1) is 17.5. The Kier molecular flexibility index (Phi) is 6.04. The van der Waals surface area contributed by atoms with Crippen molar-refractivity contribution in [2.75, 3.05) is 41.3 Å². The Balaban J connectivity index is 1.68. The normalized spacial score (nSPS) is 13.9. The molecule has 1 aromatic heterocycles. The van der Waals surface area contributed by atoms with Crippen LogP contribution in [0.15, 0.2) is 30.5 Å². The SMILES string of the molecule is CCCN(CCC)c1cnnc(Nc2ccc(N3CCCC3)cc2)n1. The Labute approximate surface area is 150 Å². The van der Waals surface area contributed by atoms with E-state index in [1.165, 1.54) is 18.5 Å². The lowest BCUT2D eigenvalue weighted by molar-refractivity contribution is 0.728. The summed E-state index contributed by atoms with van der Waals surface area (Å²) in [7, 11) is 0. The lowest BCUT2D eigenvalue weighted by Crippen LogP contribution is -2.26. The molecule has 0 radical (unpaired) electrons. The van der Waals surface area contributed by atoms with Crippen molar-refractivity contribution in [1.82, 2.24) is 15.2 Å². The minimum atomic E-state index is 0.545. The molecule has 1 saturated heterocycles. The van der Waals surface area contributed by atoms with Crippen LogP contribution in [0.3, 0.4) is 0 Å². The number of anilines is 4. The Hall–Kier alpha value is -2.37. The summed E-state index contributed by atoms with van der Waals surface area (Å²) in [6, 6.07) is 8.48. The molecule has 1 aliphatic rings. The second-order valence-electron chi connectivity index (χ2n) is 6.49. The largest absolute Gasteiger partial charge is 0.372 e. The summed E-state index contributed by atoms with van der Waals surface area (Å²) in [5.41, 5.74) is 2.27. The van der Waals surface area contributed by atoms with Crippen molar-refractivity contribution in [3.63, 3.8) is 0 Å². The van der Waals surface area contributed by atoms with Crippen molar-refractivity contribution < 1.29 is 0 Å². The molecule has 2 heterocycles. The molecule has 6 nitrogen and oxygen atoms in total. The van der Waals surface area contributed by atoms with Crippen LogP contribution in [-0.2, 0) is 0 Å². The molecule has 0 saturated carbocycles. The van der Waals surface area contributed by atoms with Gasteiger partial charge < -0.3 is 15.1 Å². The fourth-order valence-corrected chi connectivity index (χ4v) is 3.24. The molecular weight excluding hydrogens is 312 g/mol. The summed E-state index contributed by atoms with van der Waals surface area (Å²) in [4.78, 5) is 9.32. The van der Waals surface area contributed by atoms with Gasteiger partial charge in [0.1, 0.15) is 0 Å². The van der Waals surface area contributed by atoms with Crippen molar-refractivity contribution >= 4 is 23.1 Å². The molecule has 1 aromatic carbocycles. The summed E-state index contributed by atoms with van der Waals surface area (Å²) >= 11 is 0. The Morgan fingerprint density at radius 1 is 1.04 bits per heavy atom. The second kappa shape index (κ2) is 8.65. The first-order chi connectivity index (χ1) is 12.3. The molecule has 3 rings (SSSR count). The highest BCUT2D eigenvalue weighted by Crippen LogP contribution is 2.23. The van der Waals surface area contributed by atoms with E-state index in [2.05, 4.69) is 68.4 Å². The summed E-state index contributed by atoms with van der Waals surface area (Å²) in [6.07, 6.45) is 6.50. The smallest absolute Gasteiger partial charge is 0.249 e. The van der Waals surface area contributed by atoms with Crippen molar-refractivity contribution in [2.24, 2.45) is 0 Å². The van der Waals surface area contributed by atoms with E-state index in [4.69, 9.17) is 0 Å². The zero-order valence-electron chi connectivity index (χ0n) is 15.3. The summed E-state index contributed by atoms with van der Waals surface area (Å²) in [5.74, 6) is 1.43. The maximum atomic E-state index is 4.64. The van der Waals surface area contributed by atoms with Crippen LogP contribution in [0.4, 0.5) is 23.1 Å². The Morgan fingerprint density at radius 3 is 2.36 bits per heavy atom. The minimum Gasteiger partial charge on any atom is -0.372 e. The van der Waals surface area contributed by atoms with Crippen LogP contribution in [-0.4, -0.2) is 41.4 Å². The van der Waals surface area contributed by atoms with Gasteiger partial charge in [-0.25, -0.2) is 0 Å². The van der Waals surface area contributed by atoms with Crippen molar-refractivity contribution in [3.05, 3.63) is 30.5 Å². The number of aromatic nitrogens is 3. The van der Waals surface area contributed by atoms with Crippen LogP contribution < -0.4 is 15.1 Å². The topological polar surface area (TPSA) is 57.2 Å². The third kappa shape index (κ3) is 4.59. The zero-order valence-corrected chi connectivity index (χ0v) is 15.3. The van der Waals surface area contributed by atoms with Gasteiger partial charge in [-0.05, 0) is 49.9 Å². The van der Waals surface area contributed by atoms with Gasteiger partial charge in [-0.2, -0.15) is 10.1 Å². The van der Waals surface area contributed by atoms with Gasteiger partial charge in [0.2, 0.25) is 5.95 Å². The molecule has 0 amide bonds. The zero-order chi connectivity index (χ0) is 17.5. The van der Waals surface area contributed by atoms with E-state index in [0.717, 1.165) is 50.5 Å². The average Bonchev–Trinajstić information content (AvgIpc) is 3.17. The second-order valence-corrected chi connectivity index (χ2v) is 6.49. The lowest BCUT2D eigenvalue weighted by atomic mass is 10.2. The van der Waals surface area contributed by atoms with E-state index in [1.54, 1.807) is 6.20 Å². The number of hydrogen-bond acceptors (Lipinski definition) is 6. The van der Waals surface area contributed by atoms with Crippen molar-refractivity contribution in [2.45, 2.75) is 39.5 Å². The van der Waals surface area contributed by atoms with Crippen LogP contribution in [0.5, 0.6) is 0 Å². The lowest BCUT2D eigenvalue weighted by Gasteiger charge is -2.22. The van der Waals surface area contributed by atoms with Crippen LogP contribution in [0.25, 0.3) is 0 Å². The van der Waals surface area contributed by atoms with E-state index in [9.17, 15) is 0 Å². The quantitative estimate of drug-likeness (QED) is 0.788. The molecule has 0 atom stereocenters. The van der Waals surface area contributed by atoms with E-state index in [-0.39, 0.29) is 0 Å². The molecule has 2 aromatic rings. The number of benzene rings is 1. The van der Waals surface area contributed by atoms with Crippen LogP contribution >= 0.6 is 0 Å². The molecule has 1 fully saturated rings. The molecule has 25 heavy (non-hydrogen) atoms. The predicted octanol–water partition coefficient (Wildman–Crippen LogP) is 3.84. The standard InChI is InChI=1S/C19H28N6/c1-3-11-25(12-4-2)18-15-20-23-19(22-18)21-16-7-9-17(10-8-16)24-13-5-6-14-24/h7-10,15H,3-6,11-14H2,1-2H3,(H,21,22,23). The van der Waals surface area contributed by atoms with Crippen LogP contribution in [0.2, 0.25) is 0 Å². The molecule has 0 spiro atoms. The van der Waals surface area contributed by atoms with Gasteiger partial charge in [-0.1, -0.05) is 13.8 Å². The Bertz CT molecular complexity index is 645. The first-order valence-corrected chi connectivity index (χ1v) is 9.37. The first-order valence-electron chi connectivity index (χ1n) is 9.37. The molecule has 0 bridgehead atoms. The van der Waals surface area contributed by atoms with E-state index >= 15 is 0 Å². The maximum absolute atomic E-state index is 4.64. The molecular formula is C19H28N6. The number of nitrogens with one attached hydrogen (secondary N) is 1. The van der Waals surface area contributed by atoms with Crippen molar-refractivity contribution in [1.29, 1.82) is 0 Å². The fourth-order valence-electron chi connectivity index (χ4n) is 3.24. The number of rotatable bonds is 8. The van der Waals surface area contributed by atoms with E-state index in [1.807, 2.05) is 0 Å². The van der Waals surface area contributed by atoms with Crippen molar-refractivity contribution in [3.8, 4) is 0 Å². The molecule has 1 aliphatic heterocycles. The molecule has 0 unspecified atom stereocenters. The number of nitrogens with zero attached hydrogens (tertiary/aromatic N) is 5. The summed E-state index contributed by atoms with van der Waals surface area (Å²) in [5, 5.41) is 11.5. The Morgan fingerprint density at radius 2 is 1.72 bits per heavy atom. The third-order valence-corrected chi connectivity index (χ3v) is 4.45. The predicted molar refractivity (Wildman–Crippen MR) is 104 cm³/mol. The highest BCUT2D eigenvalue weighted by atomic mass is 15.3. The maximum Gasteiger partial charge on any atom is 0.249 e. The monoisotopic (exact) mass is 340 g/mol. The van der Waals surface area contributed by atoms with Gasteiger partial charge in [-0.3, -0.25) is 0 Å². The van der Waals surface area contributed by atoms with Gasteiger partial charge in [0, 0.05) is 37.6 Å². The number of hydrogen-bond donors (Lipinski definition) is 1. The highest BCUT2D eigenvalue weighted by molar-refractivity contribution is 5.60. The van der Waals surface area contributed by atoms with Gasteiger partial charge in [0.25, 0.3) is 0 Å². The van der Waals surface area contributed by atoms with Gasteiger partial charge in [-0.15, -0.1) is 5.10 Å².